The van der Waals surface area contributed by atoms with Gasteiger partial charge in [-0.3, -0.25) is 4.79 Å². The standard InChI is InChI=1S/C11H13NO2/c1-2-10(12)9-5-3-8(4-6-9)7-11(13)14/h2-6,10H,1,7,12H2,(H,13,14). The molecule has 0 saturated carbocycles. The summed E-state index contributed by atoms with van der Waals surface area (Å²) in [5, 5.41) is 8.55. The summed E-state index contributed by atoms with van der Waals surface area (Å²) in [6, 6.07) is 7.00. The van der Waals surface area contributed by atoms with Crippen molar-refractivity contribution in [2.24, 2.45) is 5.73 Å². The van der Waals surface area contributed by atoms with E-state index in [2.05, 4.69) is 6.58 Å². The number of carboxylic acid groups (broad SMARTS) is 1. The molecule has 0 amide bonds. The Labute approximate surface area is 82.9 Å². The summed E-state index contributed by atoms with van der Waals surface area (Å²) in [7, 11) is 0. The third kappa shape index (κ3) is 2.71. The first-order valence-corrected chi connectivity index (χ1v) is 4.32. The van der Waals surface area contributed by atoms with E-state index >= 15 is 0 Å². The van der Waals surface area contributed by atoms with Gasteiger partial charge in [0.1, 0.15) is 0 Å². The van der Waals surface area contributed by atoms with Gasteiger partial charge in [0.2, 0.25) is 0 Å². The quantitative estimate of drug-likeness (QED) is 0.709. The van der Waals surface area contributed by atoms with Crippen LogP contribution >= 0.6 is 0 Å². The summed E-state index contributed by atoms with van der Waals surface area (Å²) in [4.78, 5) is 10.4. The van der Waals surface area contributed by atoms with Crippen LogP contribution in [0, 0.1) is 0 Å². The number of hydrogen-bond donors (Lipinski definition) is 2. The van der Waals surface area contributed by atoms with E-state index < -0.39 is 5.97 Å². The molecule has 1 rings (SSSR count). The van der Waals surface area contributed by atoms with Gasteiger partial charge < -0.3 is 10.8 Å². The Bertz CT molecular complexity index is 330. The molecule has 0 bridgehead atoms. The molecule has 0 aliphatic rings. The zero-order chi connectivity index (χ0) is 10.6. The van der Waals surface area contributed by atoms with E-state index in [1.807, 2.05) is 12.1 Å². The maximum absolute atomic E-state index is 10.4. The minimum Gasteiger partial charge on any atom is -0.481 e. The highest BCUT2D eigenvalue weighted by molar-refractivity contribution is 5.70. The molecule has 0 aliphatic heterocycles. The number of rotatable bonds is 4. The number of aliphatic carboxylic acids is 1. The average Bonchev–Trinajstić information content (AvgIpc) is 2.17. The highest BCUT2D eigenvalue weighted by Gasteiger charge is 2.02. The summed E-state index contributed by atoms with van der Waals surface area (Å²) >= 11 is 0. The van der Waals surface area contributed by atoms with Crippen LogP contribution in [0.2, 0.25) is 0 Å². The van der Waals surface area contributed by atoms with Gasteiger partial charge in [0.15, 0.2) is 0 Å². The molecule has 1 aromatic carbocycles. The number of nitrogens with two attached hydrogens (primary N) is 1. The fraction of sp³-hybridized carbons (Fsp3) is 0.182. The second-order valence-corrected chi connectivity index (χ2v) is 3.07. The Hall–Kier alpha value is -1.61. The summed E-state index contributed by atoms with van der Waals surface area (Å²) in [6.07, 6.45) is 1.69. The fourth-order valence-corrected chi connectivity index (χ4v) is 1.17. The van der Waals surface area contributed by atoms with Crippen molar-refractivity contribution >= 4 is 5.97 Å². The minimum absolute atomic E-state index is 0.0452. The highest BCUT2D eigenvalue weighted by Crippen LogP contribution is 2.12. The molecule has 1 aromatic rings. The molecule has 3 nitrogen and oxygen atoms in total. The van der Waals surface area contributed by atoms with Crippen LogP contribution in [0.3, 0.4) is 0 Å². The molecule has 0 aromatic heterocycles. The van der Waals surface area contributed by atoms with Crippen molar-refractivity contribution in [1.82, 2.24) is 0 Å². The Balaban J connectivity index is 2.78. The van der Waals surface area contributed by atoms with E-state index in [1.54, 1.807) is 18.2 Å². The molecular formula is C11H13NO2. The second kappa shape index (κ2) is 4.58. The predicted octanol–water partition coefficient (Wildman–Crippen LogP) is 1.50. The topological polar surface area (TPSA) is 63.3 Å². The van der Waals surface area contributed by atoms with Crippen LogP contribution in [-0.2, 0) is 11.2 Å². The van der Waals surface area contributed by atoms with Gasteiger partial charge in [0, 0.05) is 6.04 Å². The number of hydrogen-bond acceptors (Lipinski definition) is 2. The van der Waals surface area contributed by atoms with Gasteiger partial charge in [-0.25, -0.2) is 0 Å². The maximum Gasteiger partial charge on any atom is 0.307 e. The Morgan fingerprint density at radius 3 is 2.50 bits per heavy atom. The zero-order valence-corrected chi connectivity index (χ0v) is 7.81. The summed E-state index contributed by atoms with van der Waals surface area (Å²) < 4.78 is 0. The van der Waals surface area contributed by atoms with Gasteiger partial charge in [-0.2, -0.15) is 0 Å². The van der Waals surface area contributed by atoms with Gasteiger partial charge >= 0.3 is 5.97 Å². The Kier molecular flexibility index (Phi) is 3.42. The molecule has 14 heavy (non-hydrogen) atoms. The van der Waals surface area contributed by atoms with Crippen LogP contribution in [-0.4, -0.2) is 11.1 Å². The molecule has 1 atom stereocenters. The summed E-state index contributed by atoms with van der Waals surface area (Å²) in [6.45, 7) is 3.59. The molecule has 0 heterocycles. The van der Waals surface area contributed by atoms with E-state index in [1.165, 1.54) is 0 Å². The first kappa shape index (κ1) is 10.5. The van der Waals surface area contributed by atoms with Gasteiger partial charge in [0.05, 0.1) is 6.42 Å². The van der Waals surface area contributed by atoms with Crippen molar-refractivity contribution in [3.63, 3.8) is 0 Å². The lowest BCUT2D eigenvalue weighted by Crippen LogP contribution is -2.06. The molecule has 0 aliphatic carbocycles. The van der Waals surface area contributed by atoms with Crippen LogP contribution in [0.15, 0.2) is 36.9 Å². The van der Waals surface area contributed by atoms with Crippen molar-refractivity contribution in [3.8, 4) is 0 Å². The van der Waals surface area contributed by atoms with Crippen LogP contribution < -0.4 is 5.73 Å². The van der Waals surface area contributed by atoms with Crippen LogP contribution in [0.4, 0.5) is 0 Å². The first-order chi connectivity index (χ1) is 6.63. The monoisotopic (exact) mass is 191 g/mol. The fourth-order valence-electron chi connectivity index (χ4n) is 1.17. The van der Waals surface area contributed by atoms with Crippen molar-refractivity contribution < 1.29 is 9.90 Å². The van der Waals surface area contributed by atoms with Crippen molar-refractivity contribution in [3.05, 3.63) is 48.0 Å². The summed E-state index contributed by atoms with van der Waals surface area (Å²) in [5.41, 5.74) is 7.43. The molecule has 0 radical (unpaired) electrons. The molecular weight excluding hydrogens is 178 g/mol. The molecule has 3 N–H and O–H groups in total. The molecule has 0 saturated heterocycles. The lowest BCUT2D eigenvalue weighted by molar-refractivity contribution is -0.136. The molecule has 74 valence electrons. The summed E-state index contributed by atoms with van der Waals surface area (Å²) in [5.74, 6) is -0.828. The predicted molar refractivity (Wildman–Crippen MR) is 54.9 cm³/mol. The van der Waals surface area contributed by atoms with E-state index in [9.17, 15) is 4.79 Å². The first-order valence-electron chi connectivity index (χ1n) is 4.32. The third-order valence-corrected chi connectivity index (χ3v) is 1.97. The minimum atomic E-state index is -0.828. The number of carbonyl (C=O) groups is 1. The number of carboxylic acids is 1. The van der Waals surface area contributed by atoms with Gasteiger partial charge in [-0.1, -0.05) is 30.3 Å². The Morgan fingerprint density at radius 2 is 2.07 bits per heavy atom. The molecule has 1 unspecified atom stereocenters. The molecule has 0 spiro atoms. The molecule has 3 heteroatoms. The highest BCUT2D eigenvalue weighted by atomic mass is 16.4. The van der Waals surface area contributed by atoms with Crippen molar-refractivity contribution in [2.45, 2.75) is 12.5 Å². The van der Waals surface area contributed by atoms with E-state index in [0.717, 1.165) is 11.1 Å². The van der Waals surface area contributed by atoms with Gasteiger partial charge in [-0.15, -0.1) is 6.58 Å². The largest absolute Gasteiger partial charge is 0.481 e. The zero-order valence-electron chi connectivity index (χ0n) is 7.81. The average molecular weight is 191 g/mol. The van der Waals surface area contributed by atoms with Crippen LogP contribution in [0.25, 0.3) is 0 Å². The lowest BCUT2D eigenvalue weighted by Gasteiger charge is -2.06. The van der Waals surface area contributed by atoms with Crippen molar-refractivity contribution in [2.75, 3.05) is 0 Å². The van der Waals surface area contributed by atoms with Crippen LogP contribution in [0.5, 0.6) is 0 Å². The van der Waals surface area contributed by atoms with Gasteiger partial charge in [-0.05, 0) is 11.1 Å². The van der Waals surface area contributed by atoms with E-state index in [-0.39, 0.29) is 12.5 Å². The maximum atomic E-state index is 10.4. The van der Waals surface area contributed by atoms with E-state index in [0.29, 0.717) is 0 Å². The number of benzene rings is 1. The SMILES string of the molecule is C=CC(N)c1ccc(CC(=O)O)cc1. The smallest absolute Gasteiger partial charge is 0.307 e. The third-order valence-electron chi connectivity index (χ3n) is 1.97. The molecule has 0 fully saturated rings. The Morgan fingerprint density at radius 1 is 1.50 bits per heavy atom. The lowest BCUT2D eigenvalue weighted by atomic mass is 10.0. The second-order valence-electron chi connectivity index (χ2n) is 3.07. The van der Waals surface area contributed by atoms with E-state index in [4.69, 9.17) is 10.8 Å². The van der Waals surface area contributed by atoms with Crippen LogP contribution in [0.1, 0.15) is 17.2 Å². The normalized spacial score (nSPS) is 12.1. The van der Waals surface area contributed by atoms with Gasteiger partial charge in [0.25, 0.3) is 0 Å². The van der Waals surface area contributed by atoms with Crippen molar-refractivity contribution in [1.29, 1.82) is 0 Å².